The molecule has 1 fully saturated rings. The number of carbonyl (C=O) groups is 2. The Morgan fingerprint density at radius 2 is 1.79 bits per heavy atom. The molecule has 1 N–H and O–H groups in total. The van der Waals surface area contributed by atoms with Crippen LogP contribution in [0.4, 0.5) is 5.69 Å². The summed E-state index contributed by atoms with van der Waals surface area (Å²) in [5, 5.41) is 2.62. The fourth-order valence-corrected chi connectivity index (χ4v) is 4.34. The molecular weight excluding hydrogens is 396 g/mol. The molecule has 29 heavy (non-hydrogen) atoms. The first-order valence-corrected chi connectivity index (χ1v) is 10.5. The molecule has 9 heteroatoms. The zero-order valence-corrected chi connectivity index (χ0v) is 16.8. The van der Waals surface area contributed by atoms with Crippen molar-refractivity contribution in [2.24, 2.45) is 0 Å². The van der Waals surface area contributed by atoms with E-state index in [0.29, 0.717) is 43.1 Å². The van der Waals surface area contributed by atoms with Gasteiger partial charge in [0.1, 0.15) is 6.61 Å². The topological polar surface area (TPSA) is 102 Å². The number of esters is 1. The van der Waals surface area contributed by atoms with E-state index in [9.17, 15) is 18.0 Å². The highest BCUT2D eigenvalue weighted by atomic mass is 32.2. The van der Waals surface area contributed by atoms with E-state index >= 15 is 0 Å². The molecule has 2 aromatic rings. The SMILES string of the molecule is CC(=O)Nc1ccc(C(=O)OCc2cccc(S(=O)(=O)N3CCOCC3)c2)cc1. The van der Waals surface area contributed by atoms with Gasteiger partial charge in [0.15, 0.2) is 0 Å². The van der Waals surface area contributed by atoms with E-state index in [-0.39, 0.29) is 17.4 Å². The number of amides is 1. The number of ether oxygens (including phenoxy) is 2. The van der Waals surface area contributed by atoms with Crippen molar-refractivity contribution >= 4 is 27.6 Å². The van der Waals surface area contributed by atoms with E-state index in [0.717, 1.165) is 0 Å². The van der Waals surface area contributed by atoms with Crippen molar-refractivity contribution in [1.29, 1.82) is 0 Å². The minimum absolute atomic E-state index is 0.0568. The van der Waals surface area contributed by atoms with Crippen molar-refractivity contribution in [3.8, 4) is 0 Å². The lowest BCUT2D eigenvalue weighted by Gasteiger charge is -2.26. The number of nitrogens with zero attached hydrogens (tertiary/aromatic N) is 1. The van der Waals surface area contributed by atoms with Gasteiger partial charge in [-0.25, -0.2) is 13.2 Å². The molecule has 154 valence electrons. The van der Waals surface area contributed by atoms with Gasteiger partial charge in [0.05, 0.1) is 23.7 Å². The molecule has 3 rings (SSSR count). The zero-order chi connectivity index (χ0) is 20.9. The highest BCUT2D eigenvalue weighted by molar-refractivity contribution is 7.89. The normalized spacial score (nSPS) is 14.9. The summed E-state index contributed by atoms with van der Waals surface area (Å²) in [6.45, 7) is 2.72. The number of nitrogens with one attached hydrogen (secondary N) is 1. The van der Waals surface area contributed by atoms with Gasteiger partial charge in [-0.05, 0) is 42.0 Å². The Morgan fingerprint density at radius 1 is 1.10 bits per heavy atom. The molecule has 0 bridgehead atoms. The van der Waals surface area contributed by atoms with Crippen LogP contribution in [0.15, 0.2) is 53.4 Å². The molecule has 0 atom stereocenters. The van der Waals surface area contributed by atoms with E-state index in [1.165, 1.54) is 23.4 Å². The van der Waals surface area contributed by atoms with E-state index in [2.05, 4.69) is 5.32 Å². The average Bonchev–Trinajstić information content (AvgIpc) is 2.73. The third kappa shape index (κ3) is 5.41. The summed E-state index contributed by atoms with van der Waals surface area (Å²) in [7, 11) is -3.61. The second-order valence-electron chi connectivity index (χ2n) is 6.50. The Morgan fingerprint density at radius 3 is 2.45 bits per heavy atom. The van der Waals surface area contributed by atoms with Crippen LogP contribution in [0.1, 0.15) is 22.8 Å². The van der Waals surface area contributed by atoms with E-state index in [1.54, 1.807) is 36.4 Å². The summed E-state index contributed by atoms with van der Waals surface area (Å²) in [5.41, 5.74) is 1.48. The molecule has 2 aromatic carbocycles. The molecule has 0 aliphatic carbocycles. The van der Waals surface area contributed by atoms with Gasteiger partial charge in [-0.2, -0.15) is 4.31 Å². The number of hydrogen-bond donors (Lipinski definition) is 1. The number of anilines is 1. The highest BCUT2D eigenvalue weighted by Crippen LogP contribution is 2.19. The summed E-state index contributed by atoms with van der Waals surface area (Å²) in [5.74, 6) is -0.743. The zero-order valence-electron chi connectivity index (χ0n) is 16.0. The van der Waals surface area contributed by atoms with Crippen molar-refractivity contribution in [1.82, 2.24) is 4.31 Å². The van der Waals surface area contributed by atoms with Crippen LogP contribution in [-0.2, 0) is 30.9 Å². The second-order valence-corrected chi connectivity index (χ2v) is 8.44. The minimum atomic E-state index is -3.61. The molecule has 1 saturated heterocycles. The Kier molecular flexibility index (Phi) is 6.63. The summed E-state index contributed by atoms with van der Waals surface area (Å²) in [6, 6.07) is 12.7. The quantitative estimate of drug-likeness (QED) is 0.720. The lowest BCUT2D eigenvalue weighted by Crippen LogP contribution is -2.40. The van der Waals surface area contributed by atoms with Gasteiger partial charge in [0.2, 0.25) is 15.9 Å². The van der Waals surface area contributed by atoms with Gasteiger partial charge in [-0.15, -0.1) is 0 Å². The molecule has 1 aliphatic heterocycles. The first-order valence-electron chi connectivity index (χ1n) is 9.08. The van der Waals surface area contributed by atoms with Crippen molar-refractivity contribution in [2.75, 3.05) is 31.6 Å². The van der Waals surface area contributed by atoms with Gasteiger partial charge < -0.3 is 14.8 Å². The van der Waals surface area contributed by atoms with E-state index < -0.39 is 16.0 Å². The molecule has 1 heterocycles. The maximum Gasteiger partial charge on any atom is 0.338 e. The smallest absolute Gasteiger partial charge is 0.338 e. The first-order chi connectivity index (χ1) is 13.9. The van der Waals surface area contributed by atoms with Crippen molar-refractivity contribution in [2.45, 2.75) is 18.4 Å². The molecule has 8 nitrogen and oxygen atoms in total. The number of hydrogen-bond acceptors (Lipinski definition) is 6. The summed E-state index contributed by atoms with van der Waals surface area (Å²) >= 11 is 0. The molecule has 0 unspecified atom stereocenters. The maximum atomic E-state index is 12.7. The maximum absolute atomic E-state index is 12.7. The molecule has 0 radical (unpaired) electrons. The molecular formula is C20H22N2O6S. The molecule has 1 aliphatic rings. The largest absolute Gasteiger partial charge is 0.457 e. The van der Waals surface area contributed by atoms with Crippen LogP contribution in [0.2, 0.25) is 0 Å². The Hall–Kier alpha value is -2.75. The van der Waals surface area contributed by atoms with E-state index in [1.807, 2.05) is 0 Å². The van der Waals surface area contributed by atoms with E-state index in [4.69, 9.17) is 9.47 Å². The van der Waals surface area contributed by atoms with Gasteiger partial charge >= 0.3 is 5.97 Å². The number of morpholine rings is 1. The number of sulfonamides is 1. The lowest BCUT2D eigenvalue weighted by molar-refractivity contribution is -0.114. The second kappa shape index (κ2) is 9.17. The third-order valence-corrected chi connectivity index (χ3v) is 6.21. The number of benzene rings is 2. The van der Waals surface area contributed by atoms with Gasteiger partial charge in [-0.3, -0.25) is 4.79 Å². The average molecular weight is 418 g/mol. The van der Waals surface area contributed by atoms with Crippen LogP contribution in [-0.4, -0.2) is 50.9 Å². The molecule has 0 saturated carbocycles. The molecule has 0 aromatic heterocycles. The number of carbonyl (C=O) groups excluding carboxylic acids is 2. The van der Waals surface area contributed by atoms with Crippen molar-refractivity contribution < 1.29 is 27.5 Å². The predicted octanol–water partition coefficient (Wildman–Crippen LogP) is 2.02. The van der Waals surface area contributed by atoms with Crippen LogP contribution < -0.4 is 5.32 Å². The standard InChI is InChI=1S/C20H22N2O6S/c1-15(23)21-18-7-5-17(6-8-18)20(24)28-14-16-3-2-4-19(13-16)29(25,26)22-9-11-27-12-10-22/h2-8,13H,9-12,14H2,1H3,(H,21,23). The number of rotatable bonds is 6. The molecule has 0 spiro atoms. The van der Waals surface area contributed by atoms with Crippen molar-refractivity contribution in [3.05, 3.63) is 59.7 Å². The lowest BCUT2D eigenvalue weighted by atomic mass is 10.2. The monoisotopic (exact) mass is 418 g/mol. The van der Waals surface area contributed by atoms with Gasteiger partial charge in [-0.1, -0.05) is 12.1 Å². The fourth-order valence-electron chi connectivity index (χ4n) is 2.86. The Labute approximate surface area is 169 Å². The van der Waals surface area contributed by atoms with Gasteiger partial charge in [0, 0.05) is 25.7 Å². The predicted molar refractivity (Wildman–Crippen MR) is 106 cm³/mol. The first kappa shape index (κ1) is 21.0. The van der Waals surface area contributed by atoms with Crippen LogP contribution in [0.25, 0.3) is 0 Å². The van der Waals surface area contributed by atoms with Crippen LogP contribution >= 0.6 is 0 Å². The Balaban J connectivity index is 1.64. The van der Waals surface area contributed by atoms with Gasteiger partial charge in [0.25, 0.3) is 0 Å². The Bertz CT molecular complexity index is 982. The van der Waals surface area contributed by atoms with Crippen LogP contribution in [0, 0.1) is 0 Å². The fraction of sp³-hybridized carbons (Fsp3) is 0.300. The minimum Gasteiger partial charge on any atom is -0.457 e. The van der Waals surface area contributed by atoms with Crippen molar-refractivity contribution in [3.63, 3.8) is 0 Å². The summed E-state index contributed by atoms with van der Waals surface area (Å²) in [6.07, 6.45) is 0. The van der Waals surface area contributed by atoms with Crippen LogP contribution in [0.5, 0.6) is 0 Å². The highest BCUT2D eigenvalue weighted by Gasteiger charge is 2.26. The molecule has 1 amide bonds. The van der Waals surface area contributed by atoms with Crippen LogP contribution in [0.3, 0.4) is 0 Å². The third-order valence-electron chi connectivity index (χ3n) is 4.32. The summed E-state index contributed by atoms with van der Waals surface area (Å²) < 4.78 is 37.4. The summed E-state index contributed by atoms with van der Waals surface area (Å²) in [4.78, 5) is 23.4.